The van der Waals surface area contributed by atoms with Gasteiger partial charge in [0.25, 0.3) is 6.47 Å². The van der Waals surface area contributed by atoms with Gasteiger partial charge in [0.15, 0.2) is 0 Å². The largest absolute Gasteiger partial charge is 0.483 e. The van der Waals surface area contributed by atoms with Crippen molar-refractivity contribution in [2.24, 2.45) is 11.8 Å². The number of pyridine rings is 2. The van der Waals surface area contributed by atoms with Crippen molar-refractivity contribution in [3.8, 4) is 17.0 Å². The zero-order chi connectivity index (χ0) is 23.4. The molecular formula is C24H28FN5O3. The lowest BCUT2D eigenvalue weighted by Crippen LogP contribution is -2.20. The SMILES string of the molecule is C1NCC2CC12.CNc1cc2cc(-c3cnc4c(c3C)NCCO4)c(F)cc2cn1.O=CO. The van der Waals surface area contributed by atoms with Gasteiger partial charge in [-0.05, 0) is 67.4 Å². The van der Waals surface area contributed by atoms with E-state index in [9.17, 15) is 4.39 Å². The molecule has 0 spiro atoms. The van der Waals surface area contributed by atoms with E-state index in [2.05, 4.69) is 25.9 Å². The van der Waals surface area contributed by atoms with Gasteiger partial charge < -0.3 is 25.8 Å². The first kappa shape index (κ1) is 22.7. The van der Waals surface area contributed by atoms with E-state index in [0.29, 0.717) is 18.1 Å². The summed E-state index contributed by atoms with van der Waals surface area (Å²) in [6.45, 7) is 5.63. The standard InChI is InChI=1S/C18H17FN4O.C5H9N.CH2O2/c1-10-14(9-23-18-17(10)21-3-4-24-18)13-5-11-7-16(20-2)22-8-12(11)6-15(13)19;1-4-2-6-3-5(1)4;2-1-3/h5-9,21H,3-4H2,1-2H3,(H,20,22);4-6H,1-3H2;1H,(H,2,3). The van der Waals surface area contributed by atoms with Crippen molar-refractivity contribution in [3.05, 3.63) is 42.0 Å². The first-order chi connectivity index (χ1) is 16.0. The molecule has 0 amide bonds. The number of fused-ring (bicyclic) bond motifs is 3. The maximum atomic E-state index is 14.7. The van der Waals surface area contributed by atoms with E-state index in [1.807, 2.05) is 26.1 Å². The molecule has 4 N–H and O–H groups in total. The smallest absolute Gasteiger partial charge is 0.290 e. The summed E-state index contributed by atoms with van der Waals surface area (Å²) in [5.74, 6) is 3.24. The molecule has 2 aromatic heterocycles. The molecule has 6 rings (SSSR count). The van der Waals surface area contributed by atoms with Gasteiger partial charge in [-0.1, -0.05) is 0 Å². The van der Waals surface area contributed by atoms with Gasteiger partial charge in [0.1, 0.15) is 23.9 Å². The van der Waals surface area contributed by atoms with Crippen molar-refractivity contribution in [2.75, 3.05) is 43.9 Å². The normalized spacial score (nSPS) is 19.4. The van der Waals surface area contributed by atoms with Gasteiger partial charge in [0.05, 0.1) is 0 Å². The number of rotatable bonds is 2. The Kier molecular flexibility index (Phi) is 6.88. The van der Waals surface area contributed by atoms with Crippen molar-refractivity contribution in [1.82, 2.24) is 15.3 Å². The highest BCUT2D eigenvalue weighted by Gasteiger charge is 2.40. The fourth-order valence-corrected chi connectivity index (χ4v) is 4.27. The average molecular weight is 454 g/mol. The highest BCUT2D eigenvalue weighted by atomic mass is 19.1. The minimum Gasteiger partial charge on any atom is -0.483 e. The Morgan fingerprint density at radius 2 is 1.91 bits per heavy atom. The number of nitrogens with zero attached hydrogens (tertiary/aromatic N) is 2. The van der Waals surface area contributed by atoms with Crippen LogP contribution in [-0.2, 0) is 4.79 Å². The number of carbonyl (C=O) groups is 1. The highest BCUT2D eigenvalue weighted by molar-refractivity contribution is 5.90. The summed E-state index contributed by atoms with van der Waals surface area (Å²) in [7, 11) is 1.81. The second-order valence-electron chi connectivity index (χ2n) is 8.27. The Balaban J connectivity index is 0.000000239. The van der Waals surface area contributed by atoms with Crippen LogP contribution in [0, 0.1) is 24.6 Å². The minimum absolute atomic E-state index is 0.250. The fraction of sp³-hybridized carbons (Fsp3) is 0.375. The third-order valence-electron chi connectivity index (χ3n) is 6.18. The predicted octanol–water partition coefficient (Wildman–Crippen LogP) is 3.52. The predicted molar refractivity (Wildman–Crippen MR) is 126 cm³/mol. The number of aromatic nitrogens is 2. The number of halogens is 1. The van der Waals surface area contributed by atoms with Crippen molar-refractivity contribution in [2.45, 2.75) is 13.3 Å². The number of benzene rings is 1. The van der Waals surface area contributed by atoms with E-state index >= 15 is 0 Å². The Hall–Kier alpha value is -3.46. The summed E-state index contributed by atoms with van der Waals surface area (Å²) < 4.78 is 20.2. The summed E-state index contributed by atoms with van der Waals surface area (Å²) in [5, 5.41) is 18.2. The van der Waals surface area contributed by atoms with E-state index in [1.54, 1.807) is 12.4 Å². The molecule has 2 atom stereocenters. The second-order valence-corrected chi connectivity index (χ2v) is 8.27. The number of anilines is 2. The van der Waals surface area contributed by atoms with Crippen LogP contribution in [0.5, 0.6) is 5.88 Å². The van der Waals surface area contributed by atoms with Crippen LogP contribution in [0.15, 0.2) is 30.6 Å². The van der Waals surface area contributed by atoms with Gasteiger partial charge in [-0.15, -0.1) is 0 Å². The number of hydrogen-bond donors (Lipinski definition) is 4. The molecule has 33 heavy (non-hydrogen) atoms. The molecule has 2 fully saturated rings. The monoisotopic (exact) mass is 453 g/mol. The third kappa shape index (κ3) is 4.98. The van der Waals surface area contributed by atoms with Crippen molar-refractivity contribution < 1.29 is 19.0 Å². The number of piperidine rings is 1. The van der Waals surface area contributed by atoms with E-state index in [4.69, 9.17) is 14.6 Å². The maximum absolute atomic E-state index is 14.7. The van der Waals surface area contributed by atoms with Gasteiger partial charge in [-0.3, -0.25) is 4.79 Å². The minimum atomic E-state index is -0.289. The Morgan fingerprint density at radius 3 is 2.55 bits per heavy atom. The van der Waals surface area contributed by atoms with Crippen LogP contribution in [0.3, 0.4) is 0 Å². The molecule has 1 aliphatic carbocycles. The lowest BCUT2D eigenvalue weighted by Gasteiger charge is -2.21. The molecule has 3 aromatic rings. The Bertz CT molecular complexity index is 1150. The highest BCUT2D eigenvalue weighted by Crippen LogP contribution is 2.40. The molecule has 0 bridgehead atoms. The van der Waals surface area contributed by atoms with Crippen LogP contribution in [-0.4, -0.2) is 54.8 Å². The van der Waals surface area contributed by atoms with Gasteiger partial charge >= 0.3 is 0 Å². The van der Waals surface area contributed by atoms with E-state index in [1.165, 1.54) is 25.6 Å². The van der Waals surface area contributed by atoms with Gasteiger partial charge in [-0.2, -0.15) is 0 Å². The lowest BCUT2D eigenvalue weighted by atomic mass is 9.98. The van der Waals surface area contributed by atoms with Gasteiger partial charge in [0.2, 0.25) is 5.88 Å². The van der Waals surface area contributed by atoms with Crippen molar-refractivity contribution in [1.29, 1.82) is 0 Å². The molecule has 1 saturated heterocycles. The maximum Gasteiger partial charge on any atom is 0.290 e. The van der Waals surface area contributed by atoms with Crippen LogP contribution < -0.4 is 20.7 Å². The molecule has 1 saturated carbocycles. The lowest BCUT2D eigenvalue weighted by molar-refractivity contribution is -0.122. The van der Waals surface area contributed by atoms with Crippen molar-refractivity contribution in [3.63, 3.8) is 0 Å². The topological polar surface area (TPSA) is 108 Å². The number of nitrogens with one attached hydrogen (secondary N) is 3. The summed E-state index contributed by atoms with van der Waals surface area (Å²) >= 11 is 0. The molecule has 174 valence electrons. The molecule has 2 unspecified atom stereocenters. The summed E-state index contributed by atoms with van der Waals surface area (Å²) in [4.78, 5) is 16.9. The van der Waals surface area contributed by atoms with E-state index in [0.717, 1.165) is 51.8 Å². The molecule has 1 aromatic carbocycles. The quantitative estimate of drug-likeness (QED) is 0.437. The van der Waals surface area contributed by atoms with Crippen LogP contribution in [0.1, 0.15) is 12.0 Å². The summed E-state index contributed by atoms with van der Waals surface area (Å²) in [6.07, 6.45) is 4.86. The van der Waals surface area contributed by atoms with Gasteiger partial charge in [0, 0.05) is 42.5 Å². The summed E-state index contributed by atoms with van der Waals surface area (Å²) in [5.41, 5.74) is 3.05. The molecular weight excluding hydrogens is 425 g/mol. The zero-order valence-corrected chi connectivity index (χ0v) is 18.7. The Morgan fingerprint density at radius 1 is 1.15 bits per heavy atom. The molecule has 9 heteroatoms. The fourth-order valence-electron chi connectivity index (χ4n) is 4.27. The van der Waals surface area contributed by atoms with E-state index < -0.39 is 0 Å². The van der Waals surface area contributed by atoms with E-state index in [-0.39, 0.29) is 12.3 Å². The first-order valence-electron chi connectivity index (χ1n) is 11.0. The second kappa shape index (κ2) is 9.99. The number of ether oxygens (including phenoxy) is 1. The molecule has 3 aliphatic rings. The summed E-state index contributed by atoms with van der Waals surface area (Å²) in [6, 6.07) is 5.26. The van der Waals surface area contributed by atoms with Crippen LogP contribution in [0.4, 0.5) is 15.9 Å². The molecule has 0 radical (unpaired) electrons. The number of hydrogen-bond acceptors (Lipinski definition) is 7. The zero-order valence-electron chi connectivity index (χ0n) is 18.7. The average Bonchev–Trinajstić information content (AvgIpc) is 3.44. The number of carboxylic acid groups (broad SMARTS) is 1. The van der Waals surface area contributed by atoms with Crippen LogP contribution in [0.25, 0.3) is 21.9 Å². The molecule has 4 heterocycles. The van der Waals surface area contributed by atoms with Crippen LogP contribution >= 0.6 is 0 Å². The molecule has 8 nitrogen and oxygen atoms in total. The van der Waals surface area contributed by atoms with Crippen LogP contribution in [0.2, 0.25) is 0 Å². The Labute approximate surface area is 191 Å². The van der Waals surface area contributed by atoms with Gasteiger partial charge in [-0.25, -0.2) is 14.4 Å². The first-order valence-corrected chi connectivity index (χ1v) is 11.0. The third-order valence-corrected chi connectivity index (χ3v) is 6.18. The van der Waals surface area contributed by atoms with Crippen molar-refractivity contribution >= 4 is 28.7 Å². The molecule has 2 aliphatic heterocycles.